The van der Waals surface area contributed by atoms with E-state index in [4.69, 9.17) is 22.7 Å². The summed E-state index contributed by atoms with van der Waals surface area (Å²) in [6, 6.07) is 6.40. The number of nitrogens with two attached hydrogens (primary N) is 1. The van der Waals surface area contributed by atoms with Crippen LogP contribution in [0.15, 0.2) is 29.2 Å². The predicted octanol–water partition coefficient (Wildman–Crippen LogP) is 1.93. The van der Waals surface area contributed by atoms with E-state index in [1.807, 2.05) is 0 Å². The highest BCUT2D eigenvalue weighted by Crippen LogP contribution is 2.16. The zero-order valence-electron chi connectivity index (χ0n) is 10.3. The molecule has 0 saturated carbocycles. The second-order valence-corrected chi connectivity index (χ2v) is 6.56. The Bertz CT molecular complexity index is 495. The van der Waals surface area contributed by atoms with Crippen molar-refractivity contribution in [2.75, 3.05) is 12.9 Å². The summed E-state index contributed by atoms with van der Waals surface area (Å²) in [5.41, 5.74) is 5.38. The van der Waals surface area contributed by atoms with E-state index in [1.54, 1.807) is 24.3 Å². The predicted molar refractivity (Wildman–Crippen MR) is 75.7 cm³/mol. The zero-order chi connectivity index (χ0) is 13.6. The zero-order valence-corrected chi connectivity index (χ0v) is 11.9. The Balaban J connectivity index is 2.38. The standard InChI is InChI=1S/C12H17NO3S2/c1-18(14,15)11-7-5-10(6-8-11)16-9-3-2-4-12(13)17/h5-8H,2-4,9H2,1H3,(H2,13,17). The quantitative estimate of drug-likeness (QED) is 0.613. The minimum atomic E-state index is -3.14. The van der Waals surface area contributed by atoms with E-state index in [2.05, 4.69) is 0 Å². The van der Waals surface area contributed by atoms with Crippen LogP contribution < -0.4 is 10.5 Å². The number of rotatable bonds is 7. The van der Waals surface area contributed by atoms with Crippen molar-refractivity contribution < 1.29 is 13.2 Å². The fourth-order valence-corrected chi connectivity index (χ4v) is 2.15. The lowest BCUT2D eigenvalue weighted by Gasteiger charge is -2.06. The van der Waals surface area contributed by atoms with Gasteiger partial charge in [0.25, 0.3) is 0 Å². The van der Waals surface area contributed by atoms with Crippen molar-refractivity contribution in [3.63, 3.8) is 0 Å². The van der Waals surface area contributed by atoms with Gasteiger partial charge in [0.2, 0.25) is 0 Å². The molecule has 0 atom stereocenters. The molecule has 0 bridgehead atoms. The fraction of sp³-hybridized carbons (Fsp3) is 0.417. The third kappa shape index (κ3) is 5.46. The van der Waals surface area contributed by atoms with Gasteiger partial charge in [-0.1, -0.05) is 12.2 Å². The fourth-order valence-electron chi connectivity index (χ4n) is 1.37. The summed E-state index contributed by atoms with van der Waals surface area (Å²) in [4.78, 5) is 0.816. The Morgan fingerprint density at radius 3 is 2.39 bits per heavy atom. The normalized spacial score (nSPS) is 11.2. The Morgan fingerprint density at radius 1 is 1.28 bits per heavy atom. The van der Waals surface area contributed by atoms with E-state index in [0.717, 1.165) is 19.3 Å². The summed E-state index contributed by atoms with van der Waals surface area (Å²) in [5.74, 6) is 0.665. The van der Waals surface area contributed by atoms with Gasteiger partial charge in [-0.05, 0) is 43.5 Å². The molecule has 0 aliphatic carbocycles. The molecule has 0 fully saturated rings. The number of unbranched alkanes of at least 4 members (excludes halogenated alkanes) is 1. The van der Waals surface area contributed by atoms with Crippen molar-refractivity contribution >= 4 is 27.0 Å². The topological polar surface area (TPSA) is 69.4 Å². The first-order chi connectivity index (χ1) is 8.39. The highest BCUT2D eigenvalue weighted by Gasteiger charge is 2.06. The van der Waals surface area contributed by atoms with Gasteiger partial charge in [0.1, 0.15) is 5.75 Å². The number of ether oxygens (including phenoxy) is 1. The third-order valence-electron chi connectivity index (χ3n) is 2.34. The van der Waals surface area contributed by atoms with Gasteiger partial charge in [-0.2, -0.15) is 0 Å². The van der Waals surface area contributed by atoms with Gasteiger partial charge in [-0.15, -0.1) is 0 Å². The van der Waals surface area contributed by atoms with E-state index in [9.17, 15) is 8.42 Å². The lowest BCUT2D eigenvalue weighted by molar-refractivity contribution is 0.308. The molecule has 0 aliphatic rings. The molecule has 1 aromatic carbocycles. The Labute approximate surface area is 113 Å². The molecule has 1 aromatic rings. The van der Waals surface area contributed by atoms with Gasteiger partial charge >= 0.3 is 0 Å². The molecule has 4 nitrogen and oxygen atoms in total. The minimum Gasteiger partial charge on any atom is -0.494 e. The summed E-state index contributed by atoms with van der Waals surface area (Å²) in [6.45, 7) is 0.570. The van der Waals surface area contributed by atoms with E-state index >= 15 is 0 Å². The first-order valence-electron chi connectivity index (χ1n) is 5.61. The lowest BCUT2D eigenvalue weighted by atomic mass is 10.2. The summed E-state index contributed by atoms with van der Waals surface area (Å²) < 4.78 is 28.0. The number of hydrogen-bond acceptors (Lipinski definition) is 4. The van der Waals surface area contributed by atoms with Gasteiger partial charge in [0.15, 0.2) is 9.84 Å². The molecule has 0 heterocycles. The Hall–Kier alpha value is -1.14. The molecule has 100 valence electrons. The highest BCUT2D eigenvalue weighted by molar-refractivity contribution is 7.90. The number of benzene rings is 1. The summed E-state index contributed by atoms with van der Waals surface area (Å²) in [6.07, 6.45) is 3.67. The smallest absolute Gasteiger partial charge is 0.175 e. The van der Waals surface area contributed by atoms with Crippen molar-refractivity contribution in [3.8, 4) is 5.75 Å². The first-order valence-corrected chi connectivity index (χ1v) is 7.91. The molecule has 0 spiro atoms. The number of thiocarbonyl (C=S) groups is 1. The van der Waals surface area contributed by atoms with Gasteiger partial charge in [-0.25, -0.2) is 8.42 Å². The van der Waals surface area contributed by atoms with Crippen molar-refractivity contribution in [1.82, 2.24) is 0 Å². The maximum absolute atomic E-state index is 11.2. The highest BCUT2D eigenvalue weighted by atomic mass is 32.2. The number of sulfone groups is 1. The molecular formula is C12H17NO3S2. The maximum atomic E-state index is 11.2. The van der Waals surface area contributed by atoms with Crippen LogP contribution in [0.4, 0.5) is 0 Å². The third-order valence-corrected chi connectivity index (χ3v) is 3.67. The molecular weight excluding hydrogens is 270 g/mol. The Kier molecular flexibility index (Phi) is 5.55. The van der Waals surface area contributed by atoms with Gasteiger partial charge < -0.3 is 10.5 Å². The van der Waals surface area contributed by atoms with Gasteiger partial charge in [-0.3, -0.25) is 0 Å². The molecule has 0 aromatic heterocycles. The van der Waals surface area contributed by atoms with Crippen molar-refractivity contribution in [2.24, 2.45) is 5.73 Å². The van der Waals surface area contributed by atoms with E-state index < -0.39 is 9.84 Å². The van der Waals surface area contributed by atoms with Crippen LogP contribution in [0.3, 0.4) is 0 Å². The Morgan fingerprint density at radius 2 is 1.89 bits per heavy atom. The molecule has 1 rings (SSSR count). The molecule has 0 aliphatic heterocycles. The van der Waals surface area contributed by atoms with E-state index in [-0.39, 0.29) is 0 Å². The second-order valence-electron chi connectivity index (χ2n) is 4.02. The van der Waals surface area contributed by atoms with Crippen molar-refractivity contribution in [2.45, 2.75) is 24.2 Å². The van der Waals surface area contributed by atoms with E-state index in [1.165, 1.54) is 6.26 Å². The SMILES string of the molecule is CS(=O)(=O)c1ccc(OCCCCC(N)=S)cc1. The molecule has 2 N–H and O–H groups in total. The van der Waals surface area contributed by atoms with Crippen molar-refractivity contribution in [1.29, 1.82) is 0 Å². The minimum absolute atomic E-state index is 0.295. The van der Waals surface area contributed by atoms with Crippen LogP contribution in [-0.2, 0) is 9.84 Å². The summed E-state index contributed by atoms with van der Waals surface area (Å²) in [5, 5.41) is 0. The largest absolute Gasteiger partial charge is 0.494 e. The van der Waals surface area contributed by atoms with Gasteiger partial charge in [0, 0.05) is 6.26 Å². The average Bonchev–Trinajstić information content (AvgIpc) is 2.27. The summed E-state index contributed by atoms with van der Waals surface area (Å²) in [7, 11) is -3.14. The molecule has 0 saturated heterocycles. The van der Waals surface area contributed by atoms with Crippen LogP contribution in [0.2, 0.25) is 0 Å². The maximum Gasteiger partial charge on any atom is 0.175 e. The molecule has 6 heteroatoms. The number of hydrogen-bond donors (Lipinski definition) is 1. The van der Waals surface area contributed by atoms with Crippen LogP contribution in [0.5, 0.6) is 5.75 Å². The molecule has 0 amide bonds. The average molecular weight is 287 g/mol. The monoisotopic (exact) mass is 287 g/mol. The van der Waals surface area contributed by atoms with Crippen molar-refractivity contribution in [3.05, 3.63) is 24.3 Å². The van der Waals surface area contributed by atoms with Crippen LogP contribution in [0, 0.1) is 0 Å². The summed E-state index contributed by atoms with van der Waals surface area (Å²) >= 11 is 4.77. The molecule has 0 radical (unpaired) electrons. The molecule has 0 unspecified atom stereocenters. The van der Waals surface area contributed by atoms with Gasteiger partial charge in [0.05, 0.1) is 16.5 Å². The second kappa shape index (κ2) is 6.70. The first kappa shape index (κ1) is 14.9. The lowest BCUT2D eigenvalue weighted by Crippen LogP contribution is -2.08. The van der Waals surface area contributed by atoms with Crippen LogP contribution >= 0.6 is 12.2 Å². The van der Waals surface area contributed by atoms with Crippen LogP contribution in [0.25, 0.3) is 0 Å². The van der Waals surface area contributed by atoms with Crippen LogP contribution in [0.1, 0.15) is 19.3 Å². The van der Waals surface area contributed by atoms with E-state index in [0.29, 0.717) is 22.2 Å². The van der Waals surface area contributed by atoms with Crippen LogP contribution in [-0.4, -0.2) is 26.3 Å². The molecule has 18 heavy (non-hydrogen) atoms.